The molecule has 2 N–H and O–H groups in total. The molecule has 4 nitrogen and oxygen atoms in total. The van der Waals surface area contributed by atoms with Gasteiger partial charge in [-0.05, 0) is 48.1 Å². The van der Waals surface area contributed by atoms with E-state index in [2.05, 4.69) is 69.9 Å². The Morgan fingerprint density at radius 1 is 0.923 bits per heavy atom. The van der Waals surface area contributed by atoms with Crippen LogP contribution >= 0.6 is 12.2 Å². The number of nitrogens with one attached hydrogen (secondary N) is 2. The molecule has 0 atom stereocenters. The molecule has 4 rings (SSSR count). The molecule has 0 saturated heterocycles. The zero-order valence-electron chi connectivity index (χ0n) is 14.3. The maximum atomic E-state index is 5.26. The van der Waals surface area contributed by atoms with Gasteiger partial charge in [0.25, 0.3) is 0 Å². The van der Waals surface area contributed by atoms with E-state index in [1.165, 1.54) is 21.8 Å². The van der Waals surface area contributed by atoms with Crippen molar-refractivity contribution in [2.45, 2.75) is 0 Å². The predicted octanol–water partition coefficient (Wildman–Crippen LogP) is 4.65. The van der Waals surface area contributed by atoms with E-state index in [-0.39, 0.29) is 0 Å². The molecule has 0 amide bonds. The topological polar surface area (TPSA) is 41.4 Å². The van der Waals surface area contributed by atoms with E-state index in [0.717, 1.165) is 11.3 Å². The summed E-state index contributed by atoms with van der Waals surface area (Å²) in [6.07, 6.45) is 1.78. The van der Waals surface area contributed by atoms with Crippen molar-refractivity contribution in [1.82, 2.24) is 9.99 Å². The van der Waals surface area contributed by atoms with E-state index in [9.17, 15) is 0 Å². The van der Waals surface area contributed by atoms with E-state index < -0.39 is 0 Å². The zero-order valence-corrected chi connectivity index (χ0v) is 15.1. The van der Waals surface area contributed by atoms with Gasteiger partial charge >= 0.3 is 0 Å². The minimum Gasteiger partial charge on any atom is -0.344 e. The molecule has 0 spiro atoms. The fraction of sp³-hybridized carbons (Fsp3) is 0.0476. The van der Waals surface area contributed by atoms with Crippen LogP contribution in [0.3, 0.4) is 0 Å². The van der Waals surface area contributed by atoms with E-state index in [0.29, 0.717) is 5.11 Å². The average molecular weight is 358 g/mol. The SMILES string of the molecule is Cn1c2ccccc2c2cc(/C=N/NC(=S)Nc3ccccc3)ccc21. The number of hydrazone groups is 1. The number of fused-ring (bicyclic) bond motifs is 3. The first-order chi connectivity index (χ1) is 12.7. The number of para-hydroxylation sites is 2. The molecule has 0 radical (unpaired) electrons. The summed E-state index contributed by atoms with van der Waals surface area (Å²) in [5, 5.41) is 10.3. The summed E-state index contributed by atoms with van der Waals surface area (Å²) in [6.45, 7) is 0. The standard InChI is InChI=1S/C21H18N4S/c1-25-19-10-6-5-9-17(19)18-13-15(11-12-20(18)25)14-22-24-21(26)23-16-7-3-2-4-8-16/h2-14H,1H3,(H2,23,24,26)/b22-14+. The Morgan fingerprint density at radius 2 is 1.65 bits per heavy atom. The maximum Gasteiger partial charge on any atom is 0.191 e. The van der Waals surface area contributed by atoms with E-state index in [1.54, 1.807) is 6.21 Å². The van der Waals surface area contributed by atoms with Crippen molar-refractivity contribution in [2.75, 3.05) is 5.32 Å². The fourth-order valence-corrected chi connectivity index (χ4v) is 3.28. The monoisotopic (exact) mass is 358 g/mol. The average Bonchev–Trinajstić information content (AvgIpc) is 2.95. The molecule has 0 aliphatic rings. The lowest BCUT2D eigenvalue weighted by Crippen LogP contribution is -2.23. The highest BCUT2D eigenvalue weighted by Gasteiger charge is 2.07. The van der Waals surface area contributed by atoms with E-state index >= 15 is 0 Å². The molecular formula is C21H18N4S. The summed E-state index contributed by atoms with van der Waals surface area (Å²) >= 11 is 5.26. The molecule has 26 heavy (non-hydrogen) atoms. The summed E-state index contributed by atoms with van der Waals surface area (Å²) in [5.74, 6) is 0. The number of aryl methyl sites for hydroxylation is 1. The van der Waals surface area contributed by atoms with Gasteiger partial charge < -0.3 is 9.88 Å². The highest BCUT2D eigenvalue weighted by molar-refractivity contribution is 7.80. The van der Waals surface area contributed by atoms with Crippen molar-refractivity contribution in [3.05, 3.63) is 78.4 Å². The number of thiocarbonyl (C=S) groups is 1. The Kier molecular flexibility index (Phi) is 4.37. The molecule has 1 heterocycles. The molecule has 0 fully saturated rings. The van der Waals surface area contributed by atoms with Crippen LogP contribution in [0.25, 0.3) is 21.8 Å². The smallest absolute Gasteiger partial charge is 0.191 e. The van der Waals surface area contributed by atoms with Gasteiger partial charge in [0.2, 0.25) is 0 Å². The quantitative estimate of drug-likeness (QED) is 0.318. The summed E-state index contributed by atoms with van der Waals surface area (Å²) in [6, 6.07) is 24.5. The summed E-state index contributed by atoms with van der Waals surface area (Å²) < 4.78 is 2.21. The van der Waals surface area contributed by atoms with Gasteiger partial charge in [-0.25, -0.2) is 0 Å². The molecule has 0 unspecified atom stereocenters. The number of rotatable bonds is 3. The van der Waals surface area contributed by atoms with Gasteiger partial charge in [0.1, 0.15) is 0 Å². The first-order valence-corrected chi connectivity index (χ1v) is 8.75. The van der Waals surface area contributed by atoms with Crippen molar-refractivity contribution >= 4 is 51.0 Å². The molecule has 3 aromatic carbocycles. The number of nitrogens with zero attached hydrogens (tertiary/aromatic N) is 2. The van der Waals surface area contributed by atoms with E-state index in [1.807, 2.05) is 30.3 Å². The van der Waals surface area contributed by atoms with Crippen molar-refractivity contribution in [3.63, 3.8) is 0 Å². The van der Waals surface area contributed by atoms with Gasteiger partial charge in [0.15, 0.2) is 5.11 Å². The lowest BCUT2D eigenvalue weighted by atomic mass is 10.1. The molecule has 5 heteroatoms. The largest absolute Gasteiger partial charge is 0.344 e. The van der Waals surface area contributed by atoms with Crippen LogP contribution in [0.15, 0.2) is 77.9 Å². The Labute approximate surface area is 157 Å². The molecule has 0 bridgehead atoms. The Balaban J connectivity index is 1.53. The minimum atomic E-state index is 0.457. The Bertz CT molecular complexity index is 1110. The van der Waals surface area contributed by atoms with Gasteiger partial charge in [-0.3, -0.25) is 5.43 Å². The first-order valence-electron chi connectivity index (χ1n) is 8.35. The van der Waals surface area contributed by atoms with Crippen LogP contribution < -0.4 is 10.7 Å². The number of hydrogen-bond donors (Lipinski definition) is 2. The summed E-state index contributed by atoms with van der Waals surface area (Å²) in [7, 11) is 2.09. The second-order valence-electron chi connectivity index (χ2n) is 6.04. The zero-order chi connectivity index (χ0) is 17.9. The summed E-state index contributed by atoms with van der Waals surface area (Å²) in [4.78, 5) is 0. The molecule has 4 aromatic rings. The highest BCUT2D eigenvalue weighted by atomic mass is 32.1. The third-order valence-corrected chi connectivity index (χ3v) is 4.54. The summed E-state index contributed by atoms with van der Waals surface area (Å²) in [5.41, 5.74) is 7.23. The number of benzene rings is 3. The predicted molar refractivity (Wildman–Crippen MR) is 114 cm³/mol. The van der Waals surface area contributed by atoms with Gasteiger partial charge in [-0.1, -0.05) is 42.5 Å². The number of hydrogen-bond acceptors (Lipinski definition) is 2. The van der Waals surface area contributed by atoms with Crippen LogP contribution in [-0.2, 0) is 7.05 Å². The van der Waals surface area contributed by atoms with Crippen molar-refractivity contribution in [3.8, 4) is 0 Å². The van der Waals surface area contributed by atoms with Gasteiger partial charge in [-0.2, -0.15) is 5.10 Å². The Hall–Kier alpha value is -3.18. The van der Waals surface area contributed by atoms with E-state index in [4.69, 9.17) is 12.2 Å². The second kappa shape index (κ2) is 6.98. The molecule has 1 aromatic heterocycles. The van der Waals surface area contributed by atoms with Crippen LogP contribution in [0.1, 0.15) is 5.56 Å². The molecular weight excluding hydrogens is 340 g/mol. The van der Waals surface area contributed by atoms with Crippen LogP contribution in [-0.4, -0.2) is 15.9 Å². The number of anilines is 1. The normalized spacial score (nSPS) is 11.3. The highest BCUT2D eigenvalue weighted by Crippen LogP contribution is 2.28. The van der Waals surface area contributed by atoms with Crippen molar-refractivity contribution in [1.29, 1.82) is 0 Å². The molecule has 0 aliphatic heterocycles. The van der Waals surface area contributed by atoms with Crippen LogP contribution in [0.4, 0.5) is 5.69 Å². The van der Waals surface area contributed by atoms with Crippen molar-refractivity contribution in [2.24, 2.45) is 12.1 Å². The second-order valence-corrected chi connectivity index (χ2v) is 6.45. The molecule has 0 saturated carbocycles. The third kappa shape index (κ3) is 3.17. The minimum absolute atomic E-state index is 0.457. The lowest BCUT2D eigenvalue weighted by Gasteiger charge is -2.06. The van der Waals surface area contributed by atoms with Crippen LogP contribution in [0.2, 0.25) is 0 Å². The number of aromatic nitrogens is 1. The van der Waals surface area contributed by atoms with Crippen LogP contribution in [0, 0.1) is 0 Å². The fourth-order valence-electron chi connectivity index (χ4n) is 3.11. The van der Waals surface area contributed by atoms with Gasteiger partial charge in [-0.15, -0.1) is 0 Å². The Morgan fingerprint density at radius 3 is 2.50 bits per heavy atom. The van der Waals surface area contributed by atoms with Crippen LogP contribution in [0.5, 0.6) is 0 Å². The van der Waals surface area contributed by atoms with Gasteiger partial charge in [0.05, 0.1) is 6.21 Å². The first kappa shape index (κ1) is 16.3. The van der Waals surface area contributed by atoms with Gasteiger partial charge in [0, 0.05) is 34.5 Å². The lowest BCUT2D eigenvalue weighted by molar-refractivity contribution is 1.01. The molecule has 128 valence electrons. The third-order valence-electron chi connectivity index (χ3n) is 4.35. The van der Waals surface area contributed by atoms with Crippen molar-refractivity contribution < 1.29 is 0 Å². The molecule has 0 aliphatic carbocycles. The maximum absolute atomic E-state index is 5.26.